The molecule has 25 heavy (non-hydrogen) atoms. The molecule has 0 saturated heterocycles. The summed E-state index contributed by atoms with van der Waals surface area (Å²) in [4.78, 5) is 27.5. The molecule has 134 valence electrons. The van der Waals surface area contributed by atoms with Crippen molar-refractivity contribution in [3.05, 3.63) is 46.8 Å². The predicted molar refractivity (Wildman–Crippen MR) is 95.3 cm³/mol. The smallest absolute Gasteiger partial charge is 0.244 e. The van der Waals surface area contributed by atoms with Crippen LogP contribution in [0.2, 0.25) is 5.02 Å². The molecule has 0 aliphatic carbocycles. The van der Waals surface area contributed by atoms with E-state index in [1.165, 1.54) is 4.90 Å². The third-order valence-corrected chi connectivity index (χ3v) is 3.80. The summed E-state index contributed by atoms with van der Waals surface area (Å²) < 4.78 is 5.00. The Morgan fingerprint density at radius 1 is 1.24 bits per heavy atom. The number of rotatable bonds is 7. The average molecular weight is 365 g/mol. The van der Waals surface area contributed by atoms with Gasteiger partial charge in [-0.1, -0.05) is 28.9 Å². The third kappa shape index (κ3) is 5.88. The highest BCUT2D eigenvalue weighted by Gasteiger charge is 2.16. The largest absolute Gasteiger partial charge is 0.361 e. The second kappa shape index (κ2) is 8.64. The van der Waals surface area contributed by atoms with Crippen molar-refractivity contribution in [1.29, 1.82) is 0 Å². The highest BCUT2D eigenvalue weighted by Crippen LogP contribution is 2.20. The van der Waals surface area contributed by atoms with Gasteiger partial charge in [-0.3, -0.25) is 14.5 Å². The summed E-state index contributed by atoms with van der Waals surface area (Å²) >= 11 is 6.00. The molecule has 0 fully saturated rings. The molecule has 1 aromatic heterocycles. The number of likely N-dealkylation sites (N-methyl/N-ethyl adjacent to an activating group) is 2. The Hall–Kier alpha value is -2.38. The van der Waals surface area contributed by atoms with E-state index in [2.05, 4.69) is 10.5 Å². The number of aromatic nitrogens is 1. The first-order valence-electron chi connectivity index (χ1n) is 7.74. The lowest BCUT2D eigenvalue weighted by atomic mass is 10.3. The minimum Gasteiger partial charge on any atom is -0.361 e. The molecule has 1 heterocycles. The van der Waals surface area contributed by atoms with Gasteiger partial charge in [0.05, 0.1) is 29.5 Å². The van der Waals surface area contributed by atoms with Crippen LogP contribution in [0, 0.1) is 6.92 Å². The Balaban J connectivity index is 1.81. The summed E-state index contributed by atoms with van der Waals surface area (Å²) in [6.07, 6.45) is 0. The molecule has 0 aliphatic rings. The normalized spacial score (nSPS) is 10.8. The van der Waals surface area contributed by atoms with E-state index < -0.39 is 0 Å². The number of benzene rings is 1. The molecule has 1 aromatic carbocycles. The number of carbonyl (C=O) groups is 2. The first kappa shape index (κ1) is 19.0. The summed E-state index contributed by atoms with van der Waals surface area (Å²) in [5, 5.41) is 7.04. The zero-order chi connectivity index (χ0) is 18.4. The lowest BCUT2D eigenvalue weighted by Gasteiger charge is -2.21. The lowest BCUT2D eigenvalue weighted by molar-refractivity contribution is -0.134. The van der Waals surface area contributed by atoms with Gasteiger partial charge in [0.25, 0.3) is 0 Å². The molecule has 0 saturated carbocycles. The quantitative estimate of drug-likeness (QED) is 0.814. The van der Waals surface area contributed by atoms with Crippen LogP contribution in [0.4, 0.5) is 5.69 Å². The van der Waals surface area contributed by atoms with Crippen molar-refractivity contribution < 1.29 is 14.1 Å². The molecular formula is C17H21ClN4O3. The van der Waals surface area contributed by atoms with Crippen molar-refractivity contribution >= 4 is 29.1 Å². The van der Waals surface area contributed by atoms with E-state index in [0.29, 0.717) is 17.3 Å². The SMILES string of the molecule is Cc1cc(CN(C)CC(=O)N(C)CC(=O)Nc2ccccc2Cl)no1. The average Bonchev–Trinajstić information content (AvgIpc) is 2.94. The molecule has 1 N–H and O–H groups in total. The first-order valence-corrected chi connectivity index (χ1v) is 8.12. The van der Waals surface area contributed by atoms with Crippen LogP contribution in [0.5, 0.6) is 0 Å². The fourth-order valence-corrected chi connectivity index (χ4v) is 2.42. The maximum absolute atomic E-state index is 12.2. The van der Waals surface area contributed by atoms with E-state index in [1.54, 1.807) is 38.4 Å². The van der Waals surface area contributed by atoms with Crippen molar-refractivity contribution in [3.8, 4) is 0 Å². The topological polar surface area (TPSA) is 78.7 Å². The Labute approximate surface area is 151 Å². The number of halogens is 1. The summed E-state index contributed by atoms with van der Waals surface area (Å²) in [6.45, 7) is 2.42. The maximum Gasteiger partial charge on any atom is 0.244 e. The number of hydrogen-bond acceptors (Lipinski definition) is 5. The number of amides is 2. The van der Waals surface area contributed by atoms with Crippen LogP contribution in [0.25, 0.3) is 0 Å². The summed E-state index contributed by atoms with van der Waals surface area (Å²) in [5.74, 6) is 0.249. The van der Waals surface area contributed by atoms with Gasteiger partial charge in [0.15, 0.2) is 0 Å². The van der Waals surface area contributed by atoms with E-state index in [1.807, 2.05) is 17.9 Å². The van der Waals surface area contributed by atoms with Crippen molar-refractivity contribution in [2.75, 3.05) is 32.5 Å². The zero-order valence-corrected chi connectivity index (χ0v) is 15.2. The Morgan fingerprint density at radius 2 is 1.96 bits per heavy atom. The van der Waals surface area contributed by atoms with Crippen molar-refractivity contribution in [2.45, 2.75) is 13.5 Å². The highest BCUT2D eigenvalue weighted by molar-refractivity contribution is 6.33. The molecule has 0 radical (unpaired) electrons. The molecule has 8 heteroatoms. The Kier molecular flexibility index (Phi) is 6.55. The van der Waals surface area contributed by atoms with Gasteiger partial charge >= 0.3 is 0 Å². The highest BCUT2D eigenvalue weighted by atomic mass is 35.5. The minimum absolute atomic E-state index is 0.0546. The summed E-state index contributed by atoms with van der Waals surface area (Å²) in [5.41, 5.74) is 1.28. The summed E-state index contributed by atoms with van der Waals surface area (Å²) in [7, 11) is 3.39. The van der Waals surface area contributed by atoms with Gasteiger partial charge in [-0.05, 0) is 26.1 Å². The molecule has 0 spiro atoms. The van der Waals surface area contributed by atoms with E-state index in [-0.39, 0.29) is 24.9 Å². The molecule has 7 nitrogen and oxygen atoms in total. The number of nitrogens with one attached hydrogen (secondary N) is 1. The van der Waals surface area contributed by atoms with E-state index in [0.717, 1.165) is 11.5 Å². The molecule has 0 atom stereocenters. The van der Waals surface area contributed by atoms with Crippen LogP contribution in [0.1, 0.15) is 11.5 Å². The minimum atomic E-state index is -0.307. The van der Waals surface area contributed by atoms with Crippen molar-refractivity contribution in [2.24, 2.45) is 0 Å². The summed E-state index contributed by atoms with van der Waals surface area (Å²) in [6, 6.07) is 8.76. The first-order chi connectivity index (χ1) is 11.8. The molecule has 2 rings (SSSR count). The van der Waals surface area contributed by atoms with Gasteiger partial charge < -0.3 is 14.7 Å². The van der Waals surface area contributed by atoms with Crippen LogP contribution >= 0.6 is 11.6 Å². The van der Waals surface area contributed by atoms with E-state index in [4.69, 9.17) is 16.1 Å². The lowest BCUT2D eigenvalue weighted by Crippen LogP contribution is -2.40. The van der Waals surface area contributed by atoms with Gasteiger partial charge in [0.2, 0.25) is 11.8 Å². The van der Waals surface area contributed by atoms with Crippen molar-refractivity contribution in [3.63, 3.8) is 0 Å². The van der Waals surface area contributed by atoms with Crippen LogP contribution < -0.4 is 5.32 Å². The molecule has 2 aromatic rings. The van der Waals surface area contributed by atoms with Crippen LogP contribution in [0.3, 0.4) is 0 Å². The second-order valence-corrected chi connectivity index (χ2v) is 6.29. The van der Waals surface area contributed by atoms with Gasteiger partial charge in [0, 0.05) is 19.7 Å². The fraction of sp³-hybridized carbons (Fsp3) is 0.353. The zero-order valence-electron chi connectivity index (χ0n) is 14.5. The van der Waals surface area contributed by atoms with Crippen LogP contribution in [0.15, 0.2) is 34.9 Å². The predicted octanol–water partition coefficient (Wildman–Crippen LogP) is 2.17. The molecule has 0 unspecified atom stereocenters. The fourth-order valence-electron chi connectivity index (χ4n) is 2.23. The number of para-hydroxylation sites is 1. The number of aryl methyl sites for hydroxylation is 1. The Morgan fingerprint density at radius 3 is 2.60 bits per heavy atom. The molecule has 0 bridgehead atoms. The molecular weight excluding hydrogens is 344 g/mol. The van der Waals surface area contributed by atoms with Crippen LogP contribution in [-0.4, -0.2) is 54.0 Å². The number of hydrogen-bond donors (Lipinski definition) is 1. The van der Waals surface area contributed by atoms with Gasteiger partial charge in [-0.25, -0.2) is 0 Å². The molecule has 0 aliphatic heterocycles. The van der Waals surface area contributed by atoms with Gasteiger partial charge in [0.1, 0.15) is 5.76 Å². The van der Waals surface area contributed by atoms with Gasteiger partial charge in [-0.15, -0.1) is 0 Å². The standard InChI is InChI=1S/C17H21ClN4O3/c1-12-8-13(20-25-12)9-21(2)11-17(24)22(3)10-16(23)19-15-7-5-4-6-14(15)18/h4-8H,9-11H2,1-3H3,(H,19,23). The molecule has 2 amide bonds. The third-order valence-electron chi connectivity index (χ3n) is 3.47. The van der Waals surface area contributed by atoms with E-state index >= 15 is 0 Å². The van der Waals surface area contributed by atoms with E-state index in [9.17, 15) is 9.59 Å². The number of nitrogens with zero attached hydrogens (tertiary/aromatic N) is 3. The van der Waals surface area contributed by atoms with Crippen molar-refractivity contribution in [1.82, 2.24) is 15.0 Å². The second-order valence-electron chi connectivity index (χ2n) is 5.88. The monoisotopic (exact) mass is 364 g/mol. The Bertz CT molecular complexity index is 747. The van der Waals surface area contributed by atoms with Gasteiger partial charge in [-0.2, -0.15) is 0 Å². The number of anilines is 1. The maximum atomic E-state index is 12.2. The number of carbonyl (C=O) groups excluding carboxylic acids is 2. The van der Waals surface area contributed by atoms with Crippen LogP contribution in [-0.2, 0) is 16.1 Å².